The first-order valence-electron chi connectivity index (χ1n) is 8.99. The molecule has 146 valence electrons. The number of fused-ring (bicyclic) bond motifs is 1. The quantitative estimate of drug-likeness (QED) is 0.707. The Morgan fingerprint density at radius 3 is 2.68 bits per heavy atom. The van der Waals surface area contributed by atoms with Gasteiger partial charge in [0.1, 0.15) is 11.5 Å². The topological polar surface area (TPSA) is 64.0 Å². The summed E-state index contributed by atoms with van der Waals surface area (Å²) in [7, 11) is -3.56. The lowest BCUT2D eigenvalue weighted by atomic mass is 9.94. The average molecular weight is 403 g/mol. The van der Waals surface area contributed by atoms with Crippen molar-refractivity contribution in [3.8, 4) is 5.69 Å². The van der Waals surface area contributed by atoms with Crippen molar-refractivity contribution in [1.82, 2.24) is 14.5 Å². The first-order chi connectivity index (χ1) is 13.4. The number of sulfonamides is 1. The Morgan fingerprint density at radius 1 is 1.14 bits per heavy atom. The zero-order chi connectivity index (χ0) is 19.7. The highest BCUT2D eigenvalue weighted by Gasteiger charge is 2.28. The molecule has 8 heteroatoms. The Kier molecular flexibility index (Phi) is 4.99. The third kappa shape index (κ3) is 3.83. The number of benzene rings is 2. The predicted molar refractivity (Wildman–Crippen MR) is 101 cm³/mol. The van der Waals surface area contributed by atoms with Gasteiger partial charge in [-0.2, -0.15) is 5.10 Å². The van der Waals surface area contributed by atoms with E-state index < -0.39 is 27.7 Å². The number of hydrogen-bond acceptors (Lipinski definition) is 3. The fourth-order valence-electron chi connectivity index (χ4n) is 3.59. The second-order valence-corrected chi connectivity index (χ2v) is 8.62. The van der Waals surface area contributed by atoms with Crippen LogP contribution >= 0.6 is 0 Å². The number of halogens is 2. The Labute approximate surface area is 162 Å². The van der Waals surface area contributed by atoms with Crippen LogP contribution in [0.2, 0.25) is 0 Å². The standard InChI is InChI=1S/C20H19F2N3O2S/c21-15-9-10-20(17(22)11-15)25-19-8-4-7-18(16(19)12-23-25)24-28(26,27)13-14-5-2-1-3-6-14/h1-3,5-6,9-12,18,24H,4,7-8,13H2/t18-/m0/s1. The van der Waals surface area contributed by atoms with E-state index in [1.807, 2.05) is 6.07 Å². The Morgan fingerprint density at radius 2 is 1.93 bits per heavy atom. The summed E-state index contributed by atoms with van der Waals surface area (Å²) < 4.78 is 56.8. The van der Waals surface area contributed by atoms with E-state index in [1.54, 1.807) is 30.5 Å². The molecule has 0 unspecified atom stereocenters. The van der Waals surface area contributed by atoms with E-state index >= 15 is 0 Å². The molecule has 1 aliphatic rings. The van der Waals surface area contributed by atoms with Crippen molar-refractivity contribution < 1.29 is 17.2 Å². The molecular weight excluding hydrogens is 384 g/mol. The monoisotopic (exact) mass is 403 g/mol. The van der Waals surface area contributed by atoms with Gasteiger partial charge in [0.2, 0.25) is 10.0 Å². The van der Waals surface area contributed by atoms with E-state index in [1.165, 1.54) is 16.8 Å². The van der Waals surface area contributed by atoms with Crippen LogP contribution < -0.4 is 4.72 Å². The molecule has 1 heterocycles. The van der Waals surface area contributed by atoms with E-state index in [2.05, 4.69) is 9.82 Å². The zero-order valence-electron chi connectivity index (χ0n) is 15.0. The highest BCUT2D eigenvalue weighted by atomic mass is 32.2. The van der Waals surface area contributed by atoms with Gasteiger partial charge >= 0.3 is 0 Å². The van der Waals surface area contributed by atoms with Crippen LogP contribution in [0.15, 0.2) is 54.7 Å². The second-order valence-electron chi connectivity index (χ2n) is 6.86. The van der Waals surface area contributed by atoms with Gasteiger partial charge in [0.25, 0.3) is 0 Å². The maximum Gasteiger partial charge on any atom is 0.216 e. The number of aromatic nitrogens is 2. The predicted octanol–water partition coefficient (Wildman–Crippen LogP) is 3.65. The lowest BCUT2D eigenvalue weighted by Gasteiger charge is -2.24. The van der Waals surface area contributed by atoms with Gasteiger partial charge in [-0.05, 0) is 37.0 Å². The van der Waals surface area contributed by atoms with E-state index in [9.17, 15) is 17.2 Å². The minimum Gasteiger partial charge on any atom is -0.234 e. The minimum absolute atomic E-state index is 0.111. The lowest BCUT2D eigenvalue weighted by molar-refractivity contribution is 0.499. The number of hydrogen-bond donors (Lipinski definition) is 1. The van der Waals surface area contributed by atoms with Crippen molar-refractivity contribution in [2.45, 2.75) is 31.1 Å². The molecule has 2 aromatic carbocycles. The van der Waals surface area contributed by atoms with Gasteiger partial charge in [-0.15, -0.1) is 0 Å². The van der Waals surface area contributed by atoms with Crippen LogP contribution in [0.1, 0.15) is 35.7 Å². The molecule has 0 saturated carbocycles. The van der Waals surface area contributed by atoms with Gasteiger partial charge in [-0.3, -0.25) is 0 Å². The van der Waals surface area contributed by atoms with Crippen molar-refractivity contribution in [1.29, 1.82) is 0 Å². The highest BCUT2D eigenvalue weighted by molar-refractivity contribution is 7.88. The molecule has 0 spiro atoms. The SMILES string of the molecule is O=S(=O)(Cc1ccccc1)N[C@H]1CCCc2c1cnn2-c1ccc(F)cc1F. The van der Waals surface area contributed by atoms with E-state index in [4.69, 9.17) is 0 Å². The van der Waals surface area contributed by atoms with Gasteiger partial charge in [-0.25, -0.2) is 26.6 Å². The van der Waals surface area contributed by atoms with Crippen LogP contribution in [0.3, 0.4) is 0 Å². The maximum atomic E-state index is 14.2. The third-order valence-electron chi connectivity index (χ3n) is 4.84. The Bertz CT molecular complexity index is 1100. The molecule has 0 amide bonds. The van der Waals surface area contributed by atoms with Crippen LogP contribution in [0, 0.1) is 11.6 Å². The summed E-state index contributed by atoms with van der Waals surface area (Å²) in [5.74, 6) is -1.48. The fraction of sp³-hybridized carbons (Fsp3) is 0.250. The Balaban J connectivity index is 1.61. The lowest BCUT2D eigenvalue weighted by Crippen LogP contribution is -2.32. The van der Waals surface area contributed by atoms with Gasteiger partial charge in [0.05, 0.1) is 18.0 Å². The van der Waals surface area contributed by atoms with Crippen molar-refractivity contribution in [3.63, 3.8) is 0 Å². The summed E-state index contributed by atoms with van der Waals surface area (Å²) in [4.78, 5) is 0. The van der Waals surface area contributed by atoms with Gasteiger partial charge in [-0.1, -0.05) is 30.3 Å². The van der Waals surface area contributed by atoms with Crippen molar-refractivity contribution in [3.05, 3.63) is 83.2 Å². The molecule has 0 radical (unpaired) electrons. The van der Waals surface area contributed by atoms with Crippen LogP contribution in [0.4, 0.5) is 8.78 Å². The molecule has 3 aromatic rings. The van der Waals surface area contributed by atoms with Crippen LogP contribution in [0.5, 0.6) is 0 Å². The number of nitrogens with zero attached hydrogens (tertiary/aromatic N) is 2. The molecule has 1 aliphatic carbocycles. The zero-order valence-corrected chi connectivity index (χ0v) is 15.8. The van der Waals surface area contributed by atoms with Crippen molar-refractivity contribution in [2.75, 3.05) is 0 Å². The number of rotatable bonds is 5. The normalized spacial score (nSPS) is 16.7. The van der Waals surface area contributed by atoms with Gasteiger partial charge in [0, 0.05) is 17.3 Å². The first kappa shape index (κ1) is 18.8. The molecule has 1 N–H and O–H groups in total. The molecule has 0 aliphatic heterocycles. The summed E-state index contributed by atoms with van der Waals surface area (Å²) in [5, 5.41) is 4.24. The average Bonchev–Trinajstić information content (AvgIpc) is 3.07. The maximum absolute atomic E-state index is 14.2. The highest BCUT2D eigenvalue weighted by Crippen LogP contribution is 2.32. The van der Waals surface area contributed by atoms with E-state index in [-0.39, 0.29) is 11.4 Å². The summed E-state index contributed by atoms with van der Waals surface area (Å²) in [6.45, 7) is 0. The van der Waals surface area contributed by atoms with Crippen LogP contribution in [-0.4, -0.2) is 18.2 Å². The molecular formula is C20H19F2N3O2S. The molecule has 0 saturated heterocycles. The Hall–Kier alpha value is -2.58. The van der Waals surface area contributed by atoms with Crippen molar-refractivity contribution in [2.24, 2.45) is 0 Å². The molecule has 0 bridgehead atoms. The summed E-state index contributed by atoms with van der Waals surface area (Å²) in [5.41, 5.74) is 2.32. The molecule has 0 fully saturated rings. The summed E-state index contributed by atoms with van der Waals surface area (Å²) in [6, 6.07) is 11.9. The largest absolute Gasteiger partial charge is 0.234 e. The molecule has 28 heavy (non-hydrogen) atoms. The second kappa shape index (κ2) is 7.44. The fourth-order valence-corrected chi connectivity index (χ4v) is 4.98. The summed E-state index contributed by atoms with van der Waals surface area (Å²) in [6.07, 6.45) is 3.58. The van der Waals surface area contributed by atoms with Gasteiger partial charge in [0.15, 0.2) is 5.82 Å². The van der Waals surface area contributed by atoms with Crippen LogP contribution in [0.25, 0.3) is 5.69 Å². The van der Waals surface area contributed by atoms with Crippen molar-refractivity contribution >= 4 is 10.0 Å². The third-order valence-corrected chi connectivity index (χ3v) is 6.20. The minimum atomic E-state index is -3.56. The molecule has 4 rings (SSSR count). The van der Waals surface area contributed by atoms with E-state index in [0.717, 1.165) is 23.7 Å². The summed E-state index contributed by atoms with van der Waals surface area (Å²) >= 11 is 0. The first-order valence-corrected chi connectivity index (χ1v) is 10.6. The molecule has 5 nitrogen and oxygen atoms in total. The molecule has 1 atom stereocenters. The van der Waals surface area contributed by atoms with Gasteiger partial charge < -0.3 is 0 Å². The smallest absolute Gasteiger partial charge is 0.216 e. The van der Waals surface area contributed by atoms with Crippen LogP contribution in [-0.2, 0) is 22.2 Å². The van der Waals surface area contributed by atoms with E-state index in [0.29, 0.717) is 18.4 Å². The molecule has 1 aromatic heterocycles. The number of nitrogens with one attached hydrogen (secondary N) is 1.